The summed E-state index contributed by atoms with van der Waals surface area (Å²) in [6, 6.07) is 13.1. The molecule has 0 saturated heterocycles. The van der Waals surface area contributed by atoms with Crippen LogP contribution in [0.1, 0.15) is 12.8 Å². The Kier molecular flexibility index (Phi) is 7.59. The fourth-order valence-corrected chi connectivity index (χ4v) is 4.46. The summed E-state index contributed by atoms with van der Waals surface area (Å²) in [5.41, 5.74) is 1.77. The molecule has 0 spiro atoms. The molecule has 5 aromatic rings. The van der Waals surface area contributed by atoms with E-state index >= 15 is 0 Å². The minimum atomic E-state index is -3.45. The Morgan fingerprint density at radius 2 is 1.88 bits per heavy atom. The highest BCUT2D eigenvalue weighted by atomic mass is 35.5. The molecular formula is C26H21ClN8O5S. The van der Waals surface area contributed by atoms with E-state index in [1.54, 1.807) is 49.5 Å². The van der Waals surface area contributed by atoms with E-state index in [0.717, 1.165) is 6.26 Å². The first kappa shape index (κ1) is 27.6. The summed E-state index contributed by atoms with van der Waals surface area (Å²) < 4.78 is 36.1. The molecule has 0 fully saturated rings. The van der Waals surface area contributed by atoms with E-state index in [2.05, 4.69) is 35.7 Å². The number of carbonyl (C=O) groups excluding carboxylic acids is 1. The smallest absolute Gasteiger partial charge is 0.251 e. The fourth-order valence-electron chi connectivity index (χ4n) is 3.68. The Hall–Kier alpha value is -4.95. The molecule has 0 aliphatic rings. The van der Waals surface area contributed by atoms with Gasteiger partial charge in [-0.05, 0) is 37.3 Å². The third kappa shape index (κ3) is 5.97. The second kappa shape index (κ2) is 11.3. The predicted molar refractivity (Wildman–Crippen MR) is 149 cm³/mol. The number of allylic oxidation sites excluding steroid dienone is 1. The van der Waals surface area contributed by atoms with E-state index in [4.69, 9.17) is 20.8 Å². The molecule has 0 atom stereocenters. The molecule has 0 saturated carbocycles. The molecule has 208 valence electrons. The van der Waals surface area contributed by atoms with Gasteiger partial charge in [-0.3, -0.25) is 19.7 Å². The molecule has 4 aromatic heterocycles. The summed E-state index contributed by atoms with van der Waals surface area (Å²) in [4.78, 5) is 21.4. The summed E-state index contributed by atoms with van der Waals surface area (Å²) in [6.45, 7) is 1.64. The van der Waals surface area contributed by atoms with Crippen molar-refractivity contribution >= 4 is 38.9 Å². The van der Waals surface area contributed by atoms with Crippen LogP contribution in [0, 0.1) is 0 Å². The van der Waals surface area contributed by atoms with E-state index in [1.807, 2.05) is 0 Å². The van der Waals surface area contributed by atoms with Crippen LogP contribution in [0.25, 0.3) is 34.2 Å². The van der Waals surface area contributed by atoms with Crippen LogP contribution in [0.4, 0.5) is 5.95 Å². The van der Waals surface area contributed by atoms with Crippen molar-refractivity contribution in [1.29, 1.82) is 0 Å². The Bertz CT molecular complexity index is 1880. The van der Waals surface area contributed by atoms with Crippen LogP contribution in [0.5, 0.6) is 5.88 Å². The van der Waals surface area contributed by atoms with Gasteiger partial charge in [-0.25, -0.2) is 13.4 Å². The number of nitrogens with zero attached hydrogens (tertiary/aromatic N) is 7. The average molecular weight is 593 g/mol. The minimum absolute atomic E-state index is 0.0474. The van der Waals surface area contributed by atoms with Gasteiger partial charge in [-0.15, -0.1) is 20.4 Å². The molecule has 1 aromatic carbocycles. The van der Waals surface area contributed by atoms with Crippen LogP contribution < -0.4 is 10.1 Å². The third-order valence-electron chi connectivity index (χ3n) is 5.69. The number of methoxy groups -OCH3 is 1. The molecule has 0 unspecified atom stereocenters. The van der Waals surface area contributed by atoms with Crippen LogP contribution in [-0.4, -0.2) is 62.6 Å². The Morgan fingerprint density at radius 1 is 1.07 bits per heavy atom. The highest BCUT2D eigenvalue weighted by Gasteiger charge is 2.21. The number of anilines is 1. The Balaban J connectivity index is 1.45. The Labute approximate surface area is 238 Å². The lowest BCUT2D eigenvalue weighted by atomic mass is 10.2. The number of ether oxygens (including phenoxy) is 1. The predicted octanol–water partition coefficient (Wildman–Crippen LogP) is 3.88. The normalized spacial score (nSPS) is 11.9. The number of hydrogen-bond donors (Lipinski definition) is 1. The van der Waals surface area contributed by atoms with E-state index in [9.17, 15) is 13.2 Å². The highest BCUT2D eigenvalue weighted by Crippen LogP contribution is 2.29. The van der Waals surface area contributed by atoms with Crippen LogP contribution >= 0.6 is 11.6 Å². The van der Waals surface area contributed by atoms with Gasteiger partial charge in [0.1, 0.15) is 5.69 Å². The van der Waals surface area contributed by atoms with Gasteiger partial charge in [-0.1, -0.05) is 23.7 Å². The number of para-hydroxylation sites is 1. The van der Waals surface area contributed by atoms with Crippen LogP contribution in [0.15, 0.2) is 76.3 Å². The summed E-state index contributed by atoms with van der Waals surface area (Å²) in [6.07, 6.45) is 5.13. The molecule has 41 heavy (non-hydrogen) atoms. The first-order valence-corrected chi connectivity index (χ1v) is 14.1. The second-order valence-corrected chi connectivity index (χ2v) is 11.0. The van der Waals surface area contributed by atoms with Gasteiger partial charge in [0.05, 0.1) is 22.7 Å². The van der Waals surface area contributed by atoms with Crippen molar-refractivity contribution in [3.63, 3.8) is 0 Å². The van der Waals surface area contributed by atoms with Gasteiger partial charge in [0.25, 0.3) is 5.91 Å². The van der Waals surface area contributed by atoms with Crippen molar-refractivity contribution in [3.05, 3.63) is 77.9 Å². The zero-order chi connectivity index (χ0) is 29.1. The molecule has 0 bridgehead atoms. The Morgan fingerprint density at radius 3 is 2.59 bits per heavy atom. The number of benzene rings is 1. The number of aromatic nitrogens is 7. The number of nitrogens with one attached hydrogen (secondary N) is 1. The summed E-state index contributed by atoms with van der Waals surface area (Å²) in [7, 11) is -1.95. The lowest BCUT2D eigenvalue weighted by molar-refractivity contribution is -0.111. The molecule has 4 heterocycles. The second-order valence-electron chi connectivity index (χ2n) is 8.60. The molecule has 1 amide bonds. The van der Waals surface area contributed by atoms with Crippen molar-refractivity contribution in [2.75, 3.05) is 18.7 Å². The maximum Gasteiger partial charge on any atom is 0.251 e. The van der Waals surface area contributed by atoms with E-state index in [1.165, 1.54) is 36.1 Å². The maximum atomic E-state index is 13.0. The van der Waals surface area contributed by atoms with E-state index < -0.39 is 15.7 Å². The third-order valence-corrected chi connectivity index (χ3v) is 7.10. The number of rotatable bonds is 8. The van der Waals surface area contributed by atoms with Crippen LogP contribution in [0.3, 0.4) is 0 Å². The van der Waals surface area contributed by atoms with E-state index in [0.29, 0.717) is 33.4 Å². The SMILES string of the molecule is COc1cc(-c2nnc(C(C)=CC(=O)Nc3nnc(-c4ccc(S(C)(=O)=O)cn4)n3-c3ccccc3Cl)o2)ccn1. The molecule has 13 nitrogen and oxygen atoms in total. The van der Waals surface area contributed by atoms with Crippen LogP contribution in [-0.2, 0) is 14.6 Å². The van der Waals surface area contributed by atoms with Gasteiger partial charge in [0, 0.05) is 41.9 Å². The van der Waals surface area contributed by atoms with Crippen molar-refractivity contribution in [2.45, 2.75) is 11.8 Å². The van der Waals surface area contributed by atoms with Gasteiger partial charge < -0.3 is 9.15 Å². The van der Waals surface area contributed by atoms with Crippen molar-refractivity contribution < 1.29 is 22.4 Å². The molecule has 0 aliphatic carbocycles. The fraction of sp³-hybridized carbons (Fsp3) is 0.115. The molecule has 0 radical (unpaired) electrons. The summed E-state index contributed by atoms with van der Waals surface area (Å²) >= 11 is 6.46. The van der Waals surface area contributed by atoms with Gasteiger partial charge in [-0.2, -0.15) is 0 Å². The lowest BCUT2D eigenvalue weighted by Crippen LogP contribution is -2.14. The largest absolute Gasteiger partial charge is 0.481 e. The summed E-state index contributed by atoms with van der Waals surface area (Å²) in [5.74, 6) is 0.466. The quantitative estimate of drug-likeness (QED) is 0.259. The summed E-state index contributed by atoms with van der Waals surface area (Å²) in [5, 5.41) is 19.4. The highest BCUT2D eigenvalue weighted by molar-refractivity contribution is 7.90. The minimum Gasteiger partial charge on any atom is -0.481 e. The maximum absolute atomic E-state index is 13.0. The number of sulfone groups is 1. The number of carbonyl (C=O) groups is 1. The lowest BCUT2D eigenvalue weighted by Gasteiger charge is -2.12. The molecule has 0 aliphatic heterocycles. The van der Waals surface area contributed by atoms with Gasteiger partial charge >= 0.3 is 0 Å². The van der Waals surface area contributed by atoms with Crippen LogP contribution in [0.2, 0.25) is 5.02 Å². The monoisotopic (exact) mass is 592 g/mol. The first-order chi connectivity index (χ1) is 19.6. The first-order valence-electron chi connectivity index (χ1n) is 11.8. The number of hydrogen-bond acceptors (Lipinski definition) is 11. The molecule has 1 N–H and O–H groups in total. The zero-order valence-corrected chi connectivity index (χ0v) is 23.4. The topological polar surface area (TPSA) is 168 Å². The average Bonchev–Trinajstić information content (AvgIpc) is 3.61. The molecule has 5 rings (SSSR count). The van der Waals surface area contributed by atoms with Crippen molar-refractivity contribution in [2.24, 2.45) is 0 Å². The number of halogens is 1. The molecule has 15 heteroatoms. The van der Waals surface area contributed by atoms with Gasteiger partial charge in [0.15, 0.2) is 15.7 Å². The molecular weight excluding hydrogens is 572 g/mol. The van der Waals surface area contributed by atoms with E-state index in [-0.39, 0.29) is 28.4 Å². The number of pyridine rings is 2. The number of amides is 1. The van der Waals surface area contributed by atoms with Gasteiger partial charge in [0.2, 0.25) is 23.6 Å². The zero-order valence-electron chi connectivity index (χ0n) is 21.8. The standard InChI is InChI=1S/C26H21ClN8O5S/c1-15(24-32-33-25(40-24)16-10-11-28-22(13-16)39-2)12-21(36)30-26-34-31-23(35(26)20-7-5-4-6-18(20)27)19-9-8-17(14-29-19)41(3,37)38/h4-14H,1-3H3,(H,30,34,36). The van der Waals surface area contributed by atoms with Crippen molar-refractivity contribution in [1.82, 2.24) is 34.9 Å². The van der Waals surface area contributed by atoms with Crippen molar-refractivity contribution in [3.8, 4) is 34.5 Å².